The fourth-order valence-electron chi connectivity index (χ4n) is 1.70. The Hall–Kier alpha value is -1.26. The van der Waals surface area contributed by atoms with Gasteiger partial charge in [0.25, 0.3) is 0 Å². The van der Waals surface area contributed by atoms with Crippen LogP contribution in [0, 0.1) is 0 Å². The summed E-state index contributed by atoms with van der Waals surface area (Å²) in [5, 5.41) is 10.4. The van der Waals surface area contributed by atoms with Gasteiger partial charge in [-0.25, -0.2) is 4.98 Å². The molecule has 0 amide bonds. The number of Topliss-reactive ketones (excluding diaryl/α,β-unsaturated/α-hetero) is 1. The molecule has 17 heavy (non-hydrogen) atoms. The molecule has 1 unspecified atom stereocenters. The first kappa shape index (κ1) is 12.2. The summed E-state index contributed by atoms with van der Waals surface area (Å²) >= 11 is 1.52. The first-order chi connectivity index (χ1) is 8.20. The highest BCUT2D eigenvalue weighted by Gasteiger charge is 2.16. The largest absolute Gasteiger partial charge is 0.385 e. The summed E-state index contributed by atoms with van der Waals surface area (Å²) in [5.74, 6) is -0.133. The van der Waals surface area contributed by atoms with Crippen molar-refractivity contribution >= 4 is 27.3 Å². The minimum Gasteiger partial charge on any atom is -0.385 e. The Morgan fingerprint density at radius 2 is 2.24 bits per heavy atom. The second kappa shape index (κ2) is 5.38. The molecular formula is C13H15NO2S. The van der Waals surface area contributed by atoms with Crippen LogP contribution in [0.3, 0.4) is 0 Å². The maximum atomic E-state index is 11.7. The van der Waals surface area contributed by atoms with E-state index in [2.05, 4.69) is 4.98 Å². The minimum absolute atomic E-state index is 0.133. The molecule has 0 saturated carbocycles. The SMILES string of the molecule is CCCC(O)C(=O)Cc1nc2ccccc2s1. The average molecular weight is 249 g/mol. The lowest BCUT2D eigenvalue weighted by Gasteiger charge is -2.05. The smallest absolute Gasteiger partial charge is 0.168 e. The van der Waals surface area contributed by atoms with Gasteiger partial charge in [0.2, 0.25) is 0 Å². The maximum Gasteiger partial charge on any atom is 0.168 e. The molecule has 1 N–H and O–H groups in total. The number of aliphatic hydroxyl groups excluding tert-OH is 1. The lowest BCUT2D eigenvalue weighted by atomic mass is 10.1. The molecular weight excluding hydrogens is 234 g/mol. The van der Waals surface area contributed by atoms with Crippen LogP contribution in [0.25, 0.3) is 10.2 Å². The Bertz CT molecular complexity index is 488. The van der Waals surface area contributed by atoms with Crippen molar-refractivity contribution in [3.8, 4) is 0 Å². The quantitative estimate of drug-likeness (QED) is 0.886. The summed E-state index contributed by atoms with van der Waals surface area (Å²) in [4.78, 5) is 16.1. The van der Waals surface area contributed by atoms with Crippen LogP contribution in [-0.2, 0) is 11.2 Å². The summed E-state index contributed by atoms with van der Waals surface area (Å²) < 4.78 is 1.08. The number of aliphatic hydroxyl groups is 1. The Labute approximate surface area is 104 Å². The maximum absolute atomic E-state index is 11.7. The van der Waals surface area contributed by atoms with Crippen LogP contribution < -0.4 is 0 Å². The van der Waals surface area contributed by atoms with E-state index < -0.39 is 6.10 Å². The number of carbonyl (C=O) groups is 1. The molecule has 0 bridgehead atoms. The third-order valence-corrected chi connectivity index (χ3v) is 3.63. The van der Waals surface area contributed by atoms with Crippen LogP contribution >= 0.6 is 11.3 Å². The Balaban J connectivity index is 2.10. The Kier molecular flexibility index (Phi) is 3.86. The van der Waals surface area contributed by atoms with Crippen LogP contribution in [0.4, 0.5) is 0 Å². The van der Waals surface area contributed by atoms with Crippen molar-refractivity contribution in [2.75, 3.05) is 0 Å². The van der Waals surface area contributed by atoms with Gasteiger partial charge in [-0.1, -0.05) is 25.5 Å². The van der Waals surface area contributed by atoms with E-state index in [4.69, 9.17) is 0 Å². The molecule has 90 valence electrons. The summed E-state index contributed by atoms with van der Waals surface area (Å²) in [5.41, 5.74) is 0.922. The zero-order chi connectivity index (χ0) is 12.3. The van der Waals surface area contributed by atoms with Crippen molar-refractivity contribution in [3.63, 3.8) is 0 Å². The van der Waals surface area contributed by atoms with Gasteiger partial charge >= 0.3 is 0 Å². The number of fused-ring (bicyclic) bond motifs is 1. The minimum atomic E-state index is -0.841. The second-order valence-electron chi connectivity index (χ2n) is 4.02. The highest BCUT2D eigenvalue weighted by molar-refractivity contribution is 7.18. The Morgan fingerprint density at radius 1 is 1.47 bits per heavy atom. The number of rotatable bonds is 5. The number of aromatic nitrogens is 1. The first-order valence-corrected chi connectivity index (χ1v) is 6.57. The molecule has 0 aliphatic rings. The van der Waals surface area contributed by atoms with Gasteiger partial charge in [-0.15, -0.1) is 11.3 Å². The molecule has 1 heterocycles. The summed E-state index contributed by atoms with van der Waals surface area (Å²) in [6.45, 7) is 1.95. The van der Waals surface area contributed by atoms with Crippen LogP contribution in [0.15, 0.2) is 24.3 Å². The van der Waals surface area contributed by atoms with Crippen LogP contribution in [0.1, 0.15) is 24.8 Å². The van der Waals surface area contributed by atoms with E-state index in [0.29, 0.717) is 6.42 Å². The number of hydrogen-bond acceptors (Lipinski definition) is 4. The van der Waals surface area contributed by atoms with E-state index in [1.165, 1.54) is 11.3 Å². The highest BCUT2D eigenvalue weighted by atomic mass is 32.1. The van der Waals surface area contributed by atoms with Crippen molar-refractivity contribution in [1.29, 1.82) is 0 Å². The third-order valence-electron chi connectivity index (χ3n) is 2.60. The molecule has 0 saturated heterocycles. The molecule has 0 radical (unpaired) electrons. The van der Waals surface area contributed by atoms with E-state index in [0.717, 1.165) is 21.6 Å². The van der Waals surface area contributed by atoms with Crippen LogP contribution in [0.2, 0.25) is 0 Å². The summed E-state index contributed by atoms with van der Waals surface area (Å²) in [6.07, 6.45) is 0.740. The number of carbonyl (C=O) groups excluding carboxylic acids is 1. The molecule has 0 aliphatic carbocycles. The molecule has 1 aromatic carbocycles. The molecule has 2 rings (SSSR count). The molecule has 1 aromatic heterocycles. The predicted molar refractivity (Wildman–Crippen MR) is 69.2 cm³/mol. The highest BCUT2D eigenvalue weighted by Crippen LogP contribution is 2.22. The molecule has 3 nitrogen and oxygen atoms in total. The van der Waals surface area contributed by atoms with Gasteiger partial charge in [0, 0.05) is 0 Å². The molecule has 2 aromatic rings. The van der Waals surface area contributed by atoms with E-state index in [-0.39, 0.29) is 12.2 Å². The van der Waals surface area contributed by atoms with E-state index >= 15 is 0 Å². The monoisotopic (exact) mass is 249 g/mol. The molecule has 0 fully saturated rings. The van der Waals surface area contributed by atoms with E-state index in [1.807, 2.05) is 31.2 Å². The predicted octanol–water partition coefficient (Wildman–Crippen LogP) is 2.57. The van der Waals surface area contributed by atoms with Crippen LogP contribution in [-0.4, -0.2) is 22.0 Å². The van der Waals surface area contributed by atoms with E-state index in [1.54, 1.807) is 0 Å². The molecule has 4 heteroatoms. The number of benzene rings is 1. The van der Waals surface area contributed by atoms with Crippen LogP contribution in [0.5, 0.6) is 0 Å². The third kappa shape index (κ3) is 2.90. The first-order valence-electron chi connectivity index (χ1n) is 5.76. The van der Waals surface area contributed by atoms with Gasteiger partial charge in [0.05, 0.1) is 16.6 Å². The van der Waals surface area contributed by atoms with Crippen molar-refractivity contribution in [2.24, 2.45) is 0 Å². The number of nitrogens with zero attached hydrogens (tertiary/aromatic N) is 1. The van der Waals surface area contributed by atoms with Crippen molar-refractivity contribution in [2.45, 2.75) is 32.3 Å². The zero-order valence-electron chi connectivity index (χ0n) is 9.72. The normalized spacial score (nSPS) is 12.8. The number of ketones is 1. The topological polar surface area (TPSA) is 50.2 Å². The molecule has 1 atom stereocenters. The number of hydrogen-bond donors (Lipinski definition) is 1. The average Bonchev–Trinajstić information content (AvgIpc) is 2.71. The number of para-hydroxylation sites is 1. The Morgan fingerprint density at radius 3 is 2.94 bits per heavy atom. The standard InChI is InChI=1S/C13H15NO2S/c1-2-5-10(15)11(16)8-13-14-9-6-3-4-7-12(9)17-13/h3-4,6-7,10,15H,2,5,8H2,1H3. The van der Waals surface area contributed by atoms with E-state index in [9.17, 15) is 9.90 Å². The number of thiazole rings is 1. The zero-order valence-corrected chi connectivity index (χ0v) is 10.5. The van der Waals surface area contributed by atoms with Gasteiger partial charge in [-0.05, 0) is 18.6 Å². The van der Waals surface area contributed by atoms with Gasteiger partial charge in [-0.3, -0.25) is 4.79 Å². The molecule has 0 spiro atoms. The van der Waals surface area contributed by atoms with Crippen molar-refractivity contribution in [3.05, 3.63) is 29.3 Å². The fraction of sp³-hybridized carbons (Fsp3) is 0.385. The lowest BCUT2D eigenvalue weighted by molar-refractivity contribution is -0.126. The lowest BCUT2D eigenvalue weighted by Crippen LogP contribution is -2.21. The van der Waals surface area contributed by atoms with Gasteiger partial charge in [0.1, 0.15) is 11.1 Å². The second-order valence-corrected chi connectivity index (χ2v) is 5.14. The van der Waals surface area contributed by atoms with Crippen molar-refractivity contribution < 1.29 is 9.90 Å². The summed E-state index contributed by atoms with van der Waals surface area (Å²) in [6, 6.07) is 7.81. The van der Waals surface area contributed by atoms with Crippen molar-refractivity contribution in [1.82, 2.24) is 4.98 Å². The van der Waals surface area contributed by atoms with Gasteiger partial charge < -0.3 is 5.11 Å². The van der Waals surface area contributed by atoms with Gasteiger partial charge in [0.15, 0.2) is 5.78 Å². The molecule has 0 aliphatic heterocycles. The van der Waals surface area contributed by atoms with Gasteiger partial charge in [-0.2, -0.15) is 0 Å². The summed E-state index contributed by atoms with van der Waals surface area (Å²) in [7, 11) is 0. The fourth-order valence-corrected chi connectivity index (χ4v) is 2.67.